The molecule has 0 aliphatic carbocycles. The van der Waals surface area contributed by atoms with Crippen LogP contribution in [0.3, 0.4) is 0 Å². The highest BCUT2D eigenvalue weighted by atomic mass is 35.5. The zero-order chi connectivity index (χ0) is 21.3. The first-order valence-electron chi connectivity index (χ1n) is 9.27. The molecule has 152 valence electrons. The fourth-order valence-corrected chi connectivity index (χ4v) is 4.23. The van der Waals surface area contributed by atoms with Gasteiger partial charge < -0.3 is 0 Å². The van der Waals surface area contributed by atoms with Gasteiger partial charge in [0, 0.05) is 17.1 Å². The van der Waals surface area contributed by atoms with E-state index in [2.05, 4.69) is 20.8 Å². The van der Waals surface area contributed by atoms with Crippen molar-refractivity contribution in [2.45, 2.75) is 20.4 Å². The molecule has 0 saturated carbocycles. The zero-order valence-corrected chi connectivity index (χ0v) is 17.8. The van der Waals surface area contributed by atoms with Gasteiger partial charge in [-0.25, -0.2) is 9.97 Å². The van der Waals surface area contributed by atoms with Crippen LogP contribution in [0.1, 0.15) is 22.3 Å². The van der Waals surface area contributed by atoms with E-state index in [1.165, 1.54) is 15.9 Å². The summed E-state index contributed by atoms with van der Waals surface area (Å²) >= 11 is 7.33. The van der Waals surface area contributed by atoms with E-state index in [4.69, 9.17) is 11.6 Å². The fourth-order valence-electron chi connectivity index (χ4n) is 3.08. The largest absolute Gasteiger partial charge is 0.281 e. The first-order valence-corrected chi connectivity index (χ1v) is 10.5. The molecular formula is C21H18ClN5O2S. The molecule has 30 heavy (non-hydrogen) atoms. The summed E-state index contributed by atoms with van der Waals surface area (Å²) in [7, 11) is 0. The number of hydrogen-bond donors (Lipinski definition) is 2. The summed E-state index contributed by atoms with van der Waals surface area (Å²) in [6.07, 6.45) is 0. The average molecular weight is 440 g/mol. The van der Waals surface area contributed by atoms with E-state index in [0.29, 0.717) is 38.0 Å². The number of hydrogen-bond acceptors (Lipinski definition) is 6. The van der Waals surface area contributed by atoms with E-state index in [-0.39, 0.29) is 17.4 Å². The molecule has 0 atom stereocenters. The summed E-state index contributed by atoms with van der Waals surface area (Å²) in [5.41, 5.74) is 7.26. The molecule has 1 amide bonds. The Kier molecular flexibility index (Phi) is 5.52. The Labute approximate surface area is 181 Å². The van der Waals surface area contributed by atoms with Gasteiger partial charge in [-0.05, 0) is 38.1 Å². The molecule has 4 rings (SSSR count). The van der Waals surface area contributed by atoms with Crippen LogP contribution in [-0.2, 0) is 6.54 Å². The second-order valence-corrected chi connectivity index (χ2v) is 7.96. The molecule has 0 aliphatic rings. The number of halogens is 1. The average Bonchev–Trinajstić information content (AvgIpc) is 3.14. The number of fused-ring (bicyclic) bond motifs is 1. The van der Waals surface area contributed by atoms with E-state index < -0.39 is 0 Å². The van der Waals surface area contributed by atoms with Gasteiger partial charge >= 0.3 is 0 Å². The molecule has 9 heteroatoms. The summed E-state index contributed by atoms with van der Waals surface area (Å²) in [5, 5.41) is 1.84. The molecule has 2 heterocycles. The summed E-state index contributed by atoms with van der Waals surface area (Å²) in [6, 6.07) is 14.4. The number of hydrazine groups is 1. The fraction of sp³-hybridized carbons (Fsp3) is 0.143. The second-order valence-electron chi connectivity index (χ2n) is 6.52. The van der Waals surface area contributed by atoms with Crippen molar-refractivity contribution in [3.8, 4) is 10.6 Å². The number of anilines is 1. The normalized spacial score (nSPS) is 10.9. The second kappa shape index (κ2) is 8.25. The maximum absolute atomic E-state index is 12.8. The maximum Gasteiger partial charge on any atom is 0.281 e. The Bertz CT molecular complexity index is 1310. The van der Waals surface area contributed by atoms with E-state index in [0.717, 1.165) is 5.56 Å². The Morgan fingerprint density at radius 2 is 1.97 bits per heavy atom. The smallest absolute Gasteiger partial charge is 0.277 e. The number of aromatic nitrogens is 3. The van der Waals surface area contributed by atoms with Crippen molar-refractivity contribution in [3.63, 3.8) is 0 Å². The Hall–Kier alpha value is -3.23. The van der Waals surface area contributed by atoms with Crippen molar-refractivity contribution in [3.05, 3.63) is 74.5 Å². The number of nitrogens with zero attached hydrogens (tertiary/aromatic N) is 3. The number of aryl methyl sites for hydroxylation is 1. The molecule has 0 fully saturated rings. The van der Waals surface area contributed by atoms with Gasteiger partial charge in [0.05, 0.1) is 16.6 Å². The molecule has 0 bridgehead atoms. The predicted octanol–water partition coefficient (Wildman–Crippen LogP) is 4.26. The number of thiazole rings is 1. The molecule has 2 aromatic carbocycles. The van der Waals surface area contributed by atoms with Crippen molar-refractivity contribution in [1.82, 2.24) is 20.0 Å². The molecule has 0 unspecified atom stereocenters. The molecule has 0 saturated heterocycles. The van der Waals surface area contributed by atoms with Crippen LogP contribution in [0.2, 0.25) is 5.02 Å². The molecule has 2 aromatic heterocycles. The SMILES string of the molecule is CCn1c(NNC(=O)c2sc(-c3cccc(Cl)c3)nc2C)nc2ccccc2c1=O. The van der Waals surface area contributed by atoms with Gasteiger partial charge in [0.25, 0.3) is 11.5 Å². The summed E-state index contributed by atoms with van der Waals surface area (Å²) in [5.74, 6) is -0.0879. The first-order chi connectivity index (χ1) is 14.5. The maximum atomic E-state index is 12.8. The lowest BCUT2D eigenvalue weighted by Crippen LogP contribution is -2.34. The van der Waals surface area contributed by atoms with Crippen LogP contribution in [-0.4, -0.2) is 20.4 Å². The highest BCUT2D eigenvalue weighted by molar-refractivity contribution is 7.17. The van der Waals surface area contributed by atoms with E-state index in [9.17, 15) is 9.59 Å². The number of carbonyl (C=O) groups excluding carboxylic acids is 1. The quantitative estimate of drug-likeness (QED) is 0.453. The van der Waals surface area contributed by atoms with Crippen LogP contribution in [0.5, 0.6) is 0 Å². The van der Waals surface area contributed by atoms with Crippen LogP contribution < -0.4 is 16.4 Å². The Balaban J connectivity index is 1.59. The van der Waals surface area contributed by atoms with E-state index >= 15 is 0 Å². The minimum Gasteiger partial charge on any atom is -0.277 e. The summed E-state index contributed by atoms with van der Waals surface area (Å²) in [6.45, 7) is 4.03. The lowest BCUT2D eigenvalue weighted by atomic mass is 10.2. The van der Waals surface area contributed by atoms with Crippen LogP contribution >= 0.6 is 22.9 Å². The van der Waals surface area contributed by atoms with Gasteiger partial charge in [-0.2, -0.15) is 0 Å². The predicted molar refractivity (Wildman–Crippen MR) is 120 cm³/mol. The number of amides is 1. The topological polar surface area (TPSA) is 88.9 Å². The first kappa shape index (κ1) is 20.1. The lowest BCUT2D eigenvalue weighted by molar-refractivity contribution is 0.0965. The number of para-hydroxylation sites is 1. The lowest BCUT2D eigenvalue weighted by Gasteiger charge is -2.13. The zero-order valence-electron chi connectivity index (χ0n) is 16.3. The third-order valence-corrected chi connectivity index (χ3v) is 5.98. The number of carbonyl (C=O) groups is 1. The molecule has 2 N–H and O–H groups in total. The van der Waals surface area contributed by atoms with Gasteiger partial charge in [0.2, 0.25) is 5.95 Å². The molecule has 7 nitrogen and oxygen atoms in total. The monoisotopic (exact) mass is 439 g/mol. The van der Waals surface area contributed by atoms with Gasteiger partial charge in [0.15, 0.2) is 0 Å². The van der Waals surface area contributed by atoms with Gasteiger partial charge in [-0.1, -0.05) is 35.9 Å². The van der Waals surface area contributed by atoms with Crippen LogP contribution in [0.15, 0.2) is 53.3 Å². The standard InChI is InChI=1S/C21H18ClN5O2S/c1-3-27-20(29)15-9-4-5-10-16(15)24-21(27)26-25-18(28)17-12(2)23-19(30-17)13-7-6-8-14(22)11-13/h4-11H,3H2,1-2H3,(H,24,26)(H,25,28). The van der Waals surface area contributed by atoms with Gasteiger partial charge in [0.1, 0.15) is 9.88 Å². The third kappa shape index (κ3) is 3.79. The highest BCUT2D eigenvalue weighted by Crippen LogP contribution is 2.29. The van der Waals surface area contributed by atoms with E-state index in [1.807, 2.05) is 25.1 Å². The van der Waals surface area contributed by atoms with Crippen molar-refractivity contribution >= 4 is 45.7 Å². The Morgan fingerprint density at radius 1 is 1.17 bits per heavy atom. The minimum absolute atomic E-state index is 0.169. The summed E-state index contributed by atoms with van der Waals surface area (Å²) < 4.78 is 1.47. The van der Waals surface area contributed by atoms with Gasteiger partial charge in [-0.15, -0.1) is 11.3 Å². The number of nitrogens with one attached hydrogen (secondary N) is 2. The number of rotatable bonds is 5. The van der Waals surface area contributed by atoms with Crippen LogP contribution in [0.25, 0.3) is 21.5 Å². The minimum atomic E-state index is -0.358. The molecule has 0 spiro atoms. The Morgan fingerprint density at radius 3 is 2.73 bits per heavy atom. The van der Waals surface area contributed by atoms with E-state index in [1.54, 1.807) is 37.3 Å². The third-order valence-electron chi connectivity index (χ3n) is 4.54. The molecule has 0 radical (unpaired) electrons. The highest BCUT2D eigenvalue weighted by Gasteiger charge is 2.17. The van der Waals surface area contributed by atoms with Crippen molar-refractivity contribution in [2.24, 2.45) is 0 Å². The van der Waals surface area contributed by atoms with Gasteiger partial charge in [-0.3, -0.25) is 25.0 Å². The van der Waals surface area contributed by atoms with Crippen LogP contribution in [0, 0.1) is 6.92 Å². The van der Waals surface area contributed by atoms with Crippen LogP contribution in [0.4, 0.5) is 5.95 Å². The molecular weight excluding hydrogens is 422 g/mol. The molecule has 4 aromatic rings. The van der Waals surface area contributed by atoms with Crippen molar-refractivity contribution < 1.29 is 4.79 Å². The summed E-state index contributed by atoms with van der Waals surface area (Å²) in [4.78, 5) is 34.9. The van der Waals surface area contributed by atoms with Crippen molar-refractivity contribution in [1.29, 1.82) is 0 Å². The molecule has 0 aliphatic heterocycles. The van der Waals surface area contributed by atoms with Crippen molar-refractivity contribution in [2.75, 3.05) is 5.43 Å². The number of benzene rings is 2.